The third kappa shape index (κ3) is 2.19. The third-order valence-corrected chi connectivity index (χ3v) is 6.17. The van der Waals surface area contributed by atoms with E-state index in [-0.39, 0.29) is 0 Å². The average Bonchev–Trinajstić information content (AvgIpc) is 3.12. The average molecular weight is 290 g/mol. The SMILES string of the molecule is Clc1ccccc1C1(CNC2CC2)CC2(CCCC2)C1. The van der Waals surface area contributed by atoms with Gasteiger partial charge in [0.2, 0.25) is 0 Å². The van der Waals surface area contributed by atoms with Gasteiger partial charge in [0.05, 0.1) is 0 Å². The summed E-state index contributed by atoms with van der Waals surface area (Å²) in [5, 5.41) is 4.74. The van der Waals surface area contributed by atoms with Gasteiger partial charge in [-0.2, -0.15) is 0 Å². The Labute approximate surface area is 127 Å². The molecule has 1 aromatic rings. The van der Waals surface area contributed by atoms with Gasteiger partial charge in [0.15, 0.2) is 0 Å². The Kier molecular flexibility index (Phi) is 3.12. The van der Waals surface area contributed by atoms with Crippen molar-refractivity contribution in [1.82, 2.24) is 5.32 Å². The Balaban J connectivity index is 1.58. The van der Waals surface area contributed by atoms with Crippen LogP contribution in [0.1, 0.15) is 56.9 Å². The molecule has 1 nitrogen and oxygen atoms in total. The topological polar surface area (TPSA) is 12.0 Å². The van der Waals surface area contributed by atoms with E-state index in [0.717, 1.165) is 17.6 Å². The Morgan fingerprint density at radius 3 is 2.45 bits per heavy atom. The van der Waals surface area contributed by atoms with E-state index in [1.807, 2.05) is 0 Å². The largest absolute Gasteiger partial charge is 0.313 e. The highest BCUT2D eigenvalue weighted by Gasteiger charge is 2.56. The van der Waals surface area contributed by atoms with Crippen molar-refractivity contribution in [2.75, 3.05) is 6.54 Å². The molecule has 1 aromatic carbocycles. The zero-order chi connectivity index (χ0) is 13.6. The first-order chi connectivity index (χ1) is 9.72. The summed E-state index contributed by atoms with van der Waals surface area (Å²) in [5.74, 6) is 0. The smallest absolute Gasteiger partial charge is 0.0444 e. The Hall–Kier alpha value is -0.530. The van der Waals surface area contributed by atoms with Gasteiger partial charge < -0.3 is 5.32 Å². The quantitative estimate of drug-likeness (QED) is 0.848. The maximum Gasteiger partial charge on any atom is 0.0444 e. The van der Waals surface area contributed by atoms with E-state index >= 15 is 0 Å². The van der Waals surface area contributed by atoms with Crippen LogP contribution in [0.15, 0.2) is 24.3 Å². The van der Waals surface area contributed by atoms with Gasteiger partial charge in [0.25, 0.3) is 0 Å². The lowest BCUT2D eigenvalue weighted by molar-refractivity contribution is 0.0268. The molecule has 3 aliphatic rings. The molecule has 3 aliphatic carbocycles. The van der Waals surface area contributed by atoms with Crippen molar-refractivity contribution >= 4 is 11.6 Å². The molecule has 0 unspecified atom stereocenters. The lowest BCUT2D eigenvalue weighted by Crippen LogP contribution is -2.54. The van der Waals surface area contributed by atoms with Crippen LogP contribution in [0, 0.1) is 5.41 Å². The van der Waals surface area contributed by atoms with Crippen molar-refractivity contribution in [3.8, 4) is 0 Å². The molecular weight excluding hydrogens is 266 g/mol. The molecule has 3 saturated carbocycles. The van der Waals surface area contributed by atoms with Gasteiger partial charge in [0.1, 0.15) is 0 Å². The number of nitrogens with one attached hydrogen (secondary N) is 1. The minimum Gasteiger partial charge on any atom is -0.313 e. The molecule has 1 spiro atoms. The molecule has 0 bridgehead atoms. The summed E-state index contributed by atoms with van der Waals surface area (Å²) in [4.78, 5) is 0. The summed E-state index contributed by atoms with van der Waals surface area (Å²) in [6.45, 7) is 1.13. The number of hydrogen-bond acceptors (Lipinski definition) is 1. The van der Waals surface area contributed by atoms with Gasteiger partial charge in [-0.25, -0.2) is 0 Å². The van der Waals surface area contributed by atoms with E-state index in [1.165, 1.54) is 56.9 Å². The Morgan fingerprint density at radius 2 is 1.80 bits per heavy atom. The second-order valence-electron chi connectivity index (χ2n) is 7.48. The number of rotatable bonds is 4. The van der Waals surface area contributed by atoms with Gasteiger partial charge in [-0.1, -0.05) is 42.6 Å². The summed E-state index contributed by atoms with van der Waals surface area (Å²) in [6.07, 6.45) is 11.2. The van der Waals surface area contributed by atoms with Crippen LogP contribution in [0.4, 0.5) is 0 Å². The summed E-state index contributed by atoms with van der Waals surface area (Å²) < 4.78 is 0. The summed E-state index contributed by atoms with van der Waals surface area (Å²) >= 11 is 6.52. The minimum absolute atomic E-state index is 0.311. The number of hydrogen-bond donors (Lipinski definition) is 1. The predicted molar refractivity (Wildman–Crippen MR) is 84.3 cm³/mol. The first-order valence-electron chi connectivity index (χ1n) is 8.20. The standard InChI is InChI=1S/C18H24ClN/c19-16-6-2-1-5-15(16)18(13-20-14-7-8-14)11-17(12-18)9-3-4-10-17/h1-2,5-6,14,20H,3-4,7-13H2. The van der Waals surface area contributed by atoms with Crippen molar-refractivity contribution in [2.24, 2.45) is 5.41 Å². The lowest BCUT2D eigenvalue weighted by atomic mass is 9.49. The second kappa shape index (κ2) is 4.74. The van der Waals surface area contributed by atoms with Gasteiger partial charge >= 0.3 is 0 Å². The van der Waals surface area contributed by atoms with Gasteiger partial charge in [-0.15, -0.1) is 0 Å². The molecule has 0 heterocycles. The van der Waals surface area contributed by atoms with Crippen molar-refractivity contribution in [2.45, 2.75) is 62.8 Å². The molecule has 0 aromatic heterocycles. The van der Waals surface area contributed by atoms with Crippen molar-refractivity contribution in [3.05, 3.63) is 34.9 Å². The van der Waals surface area contributed by atoms with Gasteiger partial charge in [0, 0.05) is 23.0 Å². The van der Waals surface area contributed by atoms with E-state index in [1.54, 1.807) is 0 Å². The van der Waals surface area contributed by atoms with Crippen LogP contribution in [0.2, 0.25) is 5.02 Å². The zero-order valence-corrected chi connectivity index (χ0v) is 12.9. The van der Waals surface area contributed by atoms with Gasteiger partial charge in [-0.05, 0) is 55.6 Å². The summed E-state index contributed by atoms with van der Waals surface area (Å²) in [5.41, 5.74) is 2.36. The highest BCUT2D eigenvalue weighted by atomic mass is 35.5. The molecule has 0 saturated heterocycles. The molecule has 4 rings (SSSR count). The van der Waals surface area contributed by atoms with Crippen molar-refractivity contribution in [1.29, 1.82) is 0 Å². The lowest BCUT2D eigenvalue weighted by Gasteiger charge is -2.56. The van der Waals surface area contributed by atoms with Crippen LogP contribution in [0.5, 0.6) is 0 Å². The molecule has 0 atom stereocenters. The maximum absolute atomic E-state index is 6.52. The first-order valence-corrected chi connectivity index (χ1v) is 8.58. The fraction of sp³-hybridized carbons (Fsp3) is 0.667. The van der Waals surface area contributed by atoms with Crippen LogP contribution >= 0.6 is 11.6 Å². The third-order valence-electron chi connectivity index (χ3n) is 5.84. The summed E-state index contributed by atoms with van der Waals surface area (Å²) in [6, 6.07) is 9.32. The monoisotopic (exact) mass is 289 g/mol. The fourth-order valence-corrected chi connectivity index (χ4v) is 5.13. The predicted octanol–water partition coefficient (Wildman–Crippen LogP) is 4.68. The molecule has 0 aliphatic heterocycles. The highest BCUT2D eigenvalue weighted by molar-refractivity contribution is 6.31. The van der Waals surface area contributed by atoms with E-state index < -0.39 is 0 Å². The van der Waals surface area contributed by atoms with E-state index in [9.17, 15) is 0 Å². The maximum atomic E-state index is 6.52. The molecule has 3 fully saturated rings. The number of halogens is 1. The molecule has 108 valence electrons. The van der Waals surface area contributed by atoms with E-state index in [2.05, 4.69) is 29.6 Å². The minimum atomic E-state index is 0.311. The zero-order valence-electron chi connectivity index (χ0n) is 12.1. The van der Waals surface area contributed by atoms with Crippen LogP contribution in [0.25, 0.3) is 0 Å². The molecule has 0 amide bonds. The Bertz CT molecular complexity index is 492. The molecule has 1 N–H and O–H groups in total. The van der Waals surface area contributed by atoms with E-state index in [0.29, 0.717) is 10.8 Å². The second-order valence-corrected chi connectivity index (χ2v) is 7.88. The number of benzene rings is 1. The fourth-order valence-electron chi connectivity index (χ4n) is 4.79. The highest BCUT2D eigenvalue weighted by Crippen LogP contribution is 2.63. The van der Waals surface area contributed by atoms with Crippen molar-refractivity contribution in [3.63, 3.8) is 0 Å². The normalized spacial score (nSPS) is 26.6. The Morgan fingerprint density at radius 1 is 1.10 bits per heavy atom. The molecule has 2 heteroatoms. The van der Waals surface area contributed by atoms with Gasteiger partial charge in [-0.3, -0.25) is 0 Å². The van der Waals surface area contributed by atoms with E-state index in [4.69, 9.17) is 11.6 Å². The van der Waals surface area contributed by atoms with Crippen LogP contribution in [-0.4, -0.2) is 12.6 Å². The molecular formula is C18H24ClN. The molecule has 0 radical (unpaired) electrons. The molecule has 20 heavy (non-hydrogen) atoms. The van der Waals surface area contributed by atoms with Crippen LogP contribution in [-0.2, 0) is 5.41 Å². The van der Waals surface area contributed by atoms with Crippen molar-refractivity contribution < 1.29 is 0 Å². The summed E-state index contributed by atoms with van der Waals surface area (Å²) in [7, 11) is 0. The first kappa shape index (κ1) is 13.2. The van der Waals surface area contributed by atoms with Crippen LogP contribution < -0.4 is 5.32 Å². The van der Waals surface area contributed by atoms with Crippen LogP contribution in [0.3, 0.4) is 0 Å².